The molecular formula is C21H23NO8S. The number of carbonyl (C=O) groups excluding carboxylic acids is 3. The first-order valence-corrected chi connectivity index (χ1v) is 10.1. The highest BCUT2D eigenvalue weighted by molar-refractivity contribution is 7.17. The molecule has 3 rings (SSSR count). The number of rotatable bonds is 7. The summed E-state index contributed by atoms with van der Waals surface area (Å²) >= 11 is 1.25. The van der Waals surface area contributed by atoms with Crippen LogP contribution in [0.5, 0.6) is 17.2 Å². The minimum atomic E-state index is -0.631. The quantitative estimate of drug-likeness (QED) is 0.643. The van der Waals surface area contributed by atoms with Gasteiger partial charge in [0.05, 0.1) is 47.0 Å². The number of nitrogens with one attached hydrogen (secondary N) is 1. The molecule has 0 fully saturated rings. The van der Waals surface area contributed by atoms with E-state index in [1.54, 1.807) is 0 Å². The first-order valence-electron chi connectivity index (χ1n) is 9.33. The summed E-state index contributed by atoms with van der Waals surface area (Å²) in [6, 6.07) is 3.01. The van der Waals surface area contributed by atoms with Gasteiger partial charge < -0.3 is 29.0 Å². The Kier molecular flexibility index (Phi) is 6.69. The van der Waals surface area contributed by atoms with Gasteiger partial charge in [0.25, 0.3) is 5.91 Å². The summed E-state index contributed by atoms with van der Waals surface area (Å²) < 4.78 is 25.7. The van der Waals surface area contributed by atoms with E-state index in [0.29, 0.717) is 40.7 Å². The van der Waals surface area contributed by atoms with E-state index in [0.717, 1.165) is 4.88 Å². The second kappa shape index (κ2) is 9.25. The topological polar surface area (TPSA) is 109 Å². The SMILES string of the molecule is COC(=O)c1c(NC(=O)c2cc(OC)c(OC)c(OC)c2)sc2c1C(C(=O)OC)CC2. The van der Waals surface area contributed by atoms with Gasteiger partial charge in [0.1, 0.15) is 5.00 Å². The zero-order valence-electron chi connectivity index (χ0n) is 17.8. The van der Waals surface area contributed by atoms with E-state index >= 15 is 0 Å². The monoisotopic (exact) mass is 449 g/mol. The molecule has 0 saturated carbocycles. The molecule has 1 heterocycles. The number of hydrogen-bond acceptors (Lipinski definition) is 9. The molecule has 0 saturated heterocycles. The van der Waals surface area contributed by atoms with Crippen LogP contribution in [0.1, 0.15) is 43.5 Å². The number of ether oxygens (including phenoxy) is 5. The Morgan fingerprint density at radius 2 is 1.61 bits per heavy atom. The zero-order valence-corrected chi connectivity index (χ0v) is 18.6. The molecule has 0 radical (unpaired) electrons. The third-order valence-corrected chi connectivity index (χ3v) is 6.24. The van der Waals surface area contributed by atoms with Gasteiger partial charge in [-0.05, 0) is 30.5 Å². The van der Waals surface area contributed by atoms with E-state index in [4.69, 9.17) is 23.7 Å². The molecule has 0 spiro atoms. The standard InChI is InChI=1S/C21H23NO8S/c1-26-12-8-10(9-13(27-2)17(12)28-3)18(23)22-19-16(21(25)30-5)15-11(20(24)29-4)6-7-14(15)31-19/h8-9,11H,6-7H2,1-5H3,(H,22,23). The van der Waals surface area contributed by atoms with Gasteiger partial charge in [0, 0.05) is 10.4 Å². The number of hydrogen-bond donors (Lipinski definition) is 1. The van der Waals surface area contributed by atoms with Gasteiger partial charge in [-0.25, -0.2) is 4.79 Å². The van der Waals surface area contributed by atoms with E-state index in [1.807, 2.05) is 0 Å². The molecule has 1 atom stereocenters. The van der Waals surface area contributed by atoms with Gasteiger partial charge in [-0.2, -0.15) is 0 Å². The maximum absolute atomic E-state index is 13.0. The Hall–Kier alpha value is -3.27. The number of fused-ring (bicyclic) bond motifs is 1. The van der Waals surface area contributed by atoms with Crippen molar-refractivity contribution in [2.75, 3.05) is 40.9 Å². The normalized spacial score (nSPS) is 14.4. The predicted molar refractivity (Wildman–Crippen MR) is 113 cm³/mol. The van der Waals surface area contributed by atoms with Crippen LogP contribution in [0.25, 0.3) is 0 Å². The molecule has 2 aromatic rings. The van der Waals surface area contributed by atoms with Crippen LogP contribution < -0.4 is 19.5 Å². The third-order valence-electron chi connectivity index (χ3n) is 5.06. The minimum Gasteiger partial charge on any atom is -0.493 e. The summed E-state index contributed by atoms with van der Waals surface area (Å²) in [5, 5.41) is 3.07. The van der Waals surface area contributed by atoms with Crippen LogP contribution in [0.4, 0.5) is 5.00 Å². The lowest BCUT2D eigenvalue weighted by Crippen LogP contribution is -2.18. The van der Waals surface area contributed by atoms with Crippen LogP contribution >= 0.6 is 11.3 Å². The van der Waals surface area contributed by atoms with Crippen LogP contribution in [0.3, 0.4) is 0 Å². The van der Waals surface area contributed by atoms with Crippen LogP contribution in [0.2, 0.25) is 0 Å². The Morgan fingerprint density at radius 3 is 2.13 bits per heavy atom. The van der Waals surface area contributed by atoms with Gasteiger partial charge in [-0.3, -0.25) is 9.59 Å². The van der Waals surface area contributed by atoms with Crippen molar-refractivity contribution in [3.05, 3.63) is 33.7 Å². The van der Waals surface area contributed by atoms with Crippen LogP contribution in [0, 0.1) is 0 Å². The smallest absolute Gasteiger partial charge is 0.341 e. The van der Waals surface area contributed by atoms with Crippen molar-refractivity contribution in [3.8, 4) is 17.2 Å². The number of methoxy groups -OCH3 is 5. The molecule has 31 heavy (non-hydrogen) atoms. The molecule has 1 amide bonds. The summed E-state index contributed by atoms with van der Waals surface area (Å²) in [4.78, 5) is 38.6. The summed E-state index contributed by atoms with van der Waals surface area (Å²) in [7, 11) is 6.92. The molecule has 0 aliphatic heterocycles. The Bertz CT molecular complexity index is 1000. The van der Waals surface area contributed by atoms with Crippen molar-refractivity contribution in [1.82, 2.24) is 0 Å². The van der Waals surface area contributed by atoms with E-state index in [1.165, 1.54) is 59.0 Å². The first kappa shape index (κ1) is 22.4. The van der Waals surface area contributed by atoms with Crippen LogP contribution in [-0.4, -0.2) is 53.4 Å². The zero-order chi connectivity index (χ0) is 22.7. The van der Waals surface area contributed by atoms with Crippen molar-refractivity contribution in [2.24, 2.45) is 0 Å². The number of benzene rings is 1. The van der Waals surface area contributed by atoms with E-state index in [-0.39, 0.29) is 11.1 Å². The van der Waals surface area contributed by atoms with Gasteiger partial charge in [0.15, 0.2) is 11.5 Å². The lowest BCUT2D eigenvalue weighted by atomic mass is 9.99. The van der Waals surface area contributed by atoms with Gasteiger partial charge in [-0.1, -0.05) is 0 Å². The fraction of sp³-hybridized carbons (Fsp3) is 0.381. The number of anilines is 1. The maximum atomic E-state index is 13.0. The van der Waals surface area contributed by atoms with Crippen molar-refractivity contribution in [3.63, 3.8) is 0 Å². The molecule has 10 heteroatoms. The molecule has 1 aliphatic rings. The van der Waals surface area contributed by atoms with Crippen molar-refractivity contribution >= 4 is 34.2 Å². The first-order chi connectivity index (χ1) is 14.9. The molecule has 0 bridgehead atoms. The number of carbonyl (C=O) groups is 3. The Morgan fingerprint density at radius 1 is 0.968 bits per heavy atom. The highest BCUT2D eigenvalue weighted by Crippen LogP contribution is 2.46. The summed E-state index contributed by atoms with van der Waals surface area (Å²) in [6.45, 7) is 0. The maximum Gasteiger partial charge on any atom is 0.341 e. The molecular weight excluding hydrogens is 426 g/mol. The fourth-order valence-electron chi connectivity index (χ4n) is 3.62. The molecule has 1 N–H and O–H groups in total. The van der Waals surface area contributed by atoms with Gasteiger partial charge in [-0.15, -0.1) is 11.3 Å². The molecule has 1 aromatic heterocycles. The highest BCUT2D eigenvalue weighted by Gasteiger charge is 2.38. The van der Waals surface area contributed by atoms with Crippen molar-refractivity contribution in [2.45, 2.75) is 18.8 Å². The Labute approximate surface area is 183 Å². The Balaban J connectivity index is 2.01. The second-order valence-corrected chi connectivity index (χ2v) is 7.72. The molecule has 166 valence electrons. The minimum absolute atomic E-state index is 0.177. The van der Waals surface area contributed by atoms with E-state index in [2.05, 4.69) is 5.32 Å². The lowest BCUT2D eigenvalue weighted by molar-refractivity contribution is -0.142. The van der Waals surface area contributed by atoms with Crippen molar-refractivity contribution < 1.29 is 38.1 Å². The average molecular weight is 449 g/mol. The van der Waals surface area contributed by atoms with Gasteiger partial charge in [0.2, 0.25) is 5.75 Å². The summed E-state index contributed by atoms with van der Waals surface area (Å²) in [5.74, 6) is -1.12. The highest BCUT2D eigenvalue weighted by atomic mass is 32.1. The average Bonchev–Trinajstić information content (AvgIpc) is 3.35. The second-order valence-electron chi connectivity index (χ2n) is 6.62. The largest absolute Gasteiger partial charge is 0.493 e. The number of thiophene rings is 1. The number of amides is 1. The number of aryl methyl sites for hydroxylation is 1. The fourth-order valence-corrected chi connectivity index (χ4v) is 4.88. The predicted octanol–water partition coefficient (Wildman–Crippen LogP) is 3.02. The lowest BCUT2D eigenvalue weighted by Gasteiger charge is -2.14. The molecule has 1 unspecified atom stereocenters. The summed E-state index contributed by atoms with van der Waals surface area (Å²) in [5.41, 5.74) is 0.975. The van der Waals surface area contributed by atoms with Crippen LogP contribution in [0.15, 0.2) is 12.1 Å². The van der Waals surface area contributed by atoms with Crippen LogP contribution in [-0.2, 0) is 20.7 Å². The van der Waals surface area contributed by atoms with Gasteiger partial charge >= 0.3 is 11.9 Å². The molecule has 9 nitrogen and oxygen atoms in total. The number of esters is 2. The third kappa shape index (κ3) is 4.02. The van der Waals surface area contributed by atoms with E-state index < -0.39 is 23.8 Å². The van der Waals surface area contributed by atoms with E-state index in [9.17, 15) is 14.4 Å². The van der Waals surface area contributed by atoms with Crippen molar-refractivity contribution in [1.29, 1.82) is 0 Å². The molecule has 1 aromatic carbocycles. The summed E-state index contributed by atoms with van der Waals surface area (Å²) in [6.07, 6.45) is 1.14. The molecule has 1 aliphatic carbocycles.